The summed E-state index contributed by atoms with van der Waals surface area (Å²) in [5.41, 5.74) is 4.27. The minimum atomic E-state index is -0.159. The number of nitrogens with zero attached hydrogens (tertiary/aromatic N) is 2. The van der Waals surface area contributed by atoms with Crippen molar-refractivity contribution in [1.82, 2.24) is 15.3 Å². The number of carbonyl (C=O) groups is 1. The Bertz CT molecular complexity index is 1090. The van der Waals surface area contributed by atoms with Gasteiger partial charge >= 0.3 is 0 Å². The first-order valence-corrected chi connectivity index (χ1v) is 9.79. The van der Waals surface area contributed by atoms with Crippen molar-refractivity contribution in [1.29, 1.82) is 0 Å². The Hall–Kier alpha value is -3.41. The second-order valence-corrected chi connectivity index (χ2v) is 7.51. The number of aromatic nitrogens is 2. The smallest absolute Gasteiger partial charge is 0.252 e. The Labute approximate surface area is 169 Å². The van der Waals surface area contributed by atoms with E-state index in [1.54, 1.807) is 6.92 Å². The van der Waals surface area contributed by atoms with Crippen molar-refractivity contribution in [3.8, 4) is 11.1 Å². The summed E-state index contributed by atoms with van der Waals surface area (Å²) in [5.74, 6) is 0.492. The molecule has 2 heterocycles. The molecule has 1 unspecified atom stereocenters. The molecule has 1 amide bonds. The van der Waals surface area contributed by atoms with Crippen LogP contribution in [0.1, 0.15) is 28.0 Å². The van der Waals surface area contributed by atoms with Crippen molar-refractivity contribution in [3.05, 3.63) is 81.8 Å². The number of hydrogen-bond acceptors (Lipinski definition) is 4. The Morgan fingerprint density at radius 1 is 1.10 bits per heavy atom. The number of amides is 1. The van der Waals surface area contributed by atoms with Gasteiger partial charge in [-0.15, -0.1) is 0 Å². The van der Waals surface area contributed by atoms with Crippen molar-refractivity contribution in [2.45, 2.75) is 26.3 Å². The van der Waals surface area contributed by atoms with Crippen LogP contribution >= 0.6 is 0 Å². The Balaban J connectivity index is 1.48. The van der Waals surface area contributed by atoms with Crippen LogP contribution in [0.15, 0.2) is 59.4 Å². The number of H-pyrrole nitrogens is 1. The molecule has 1 fully saturated rings. The van der Waals surface area contributed by atoms with Gasteiger partial charge in [0.15, 0.2) is 0 Å². The Morgan fingerprint density at radius 2 is 1.90 bits per heavy atom. The van der Waals surface area contributed by atoms with Crippen LogP contribution in [0.4, 0.5) is 5.95 Å². The summed E-state index contributed by atoms with van der Waals surface area (Å²) in [5, 5.41) is 3.14. The van der Waals surface area contributed by atoms with E-state index in [0.717, 1.165) is 29.7 Å². The van der Waals surface area contributed by atoms with E-state index in [1.165, 1.54) is 6.07 Å². The first kappa shape index (κ1) is 18.9. The second-order valence-electron chi connectivity index (χ2n) is 7.51. The van der Waals surface area contributed by atoms with Crippen LogP contribution < -0.4 is 15.8 Å². The van der Waals surface area contributed by atoms with Crippen molar-refractivity contribution >= 4 is 11.9 Å². The topological polar surface area (TPSA) is 78.1 Å². The monoisotopic (exact) mass is 388 g/mol. The summed E-state index contributed by atoms with van der Waals surface area (Å²) in [6.45, 7) is 5.11. The van der Waals surface area contributed by atoms with E-state index in [0.29, 0.717) is 23.8 Å². The molecule has 6 nitrogen and oxygen atoms in total. The SMILES string of the molecule is Cc1cc(=O)[nH]c(N2CCC(NC(=O)c3cc(-c4ccccc4)ccc3C)C2)n1. The molecule has 29 heavy (non-hydrogen) atoms. The van der Waals surface area contributed by atoms with Crippen LogP contribution in [0.25, 0.3) is 11.1 Å². The van der Waals surface area contributed by atoms with Crippen LogP contribution in [0.3, 0.4) is 0 Å². The number of nitrogens with one attached hydrogen (secondary N) is 2. The average molecular weight is 388 g/mol. The molecule has 1 saturated heterocycles. The Kier molecular flexibility index (Phi) is 5.16. The van der Waals surface area contributed by atoms with E-state index in [1.807, 2.05) is 60.4 Å². The molecule has 0 aliphatic carbocycles. The fraction of sp³-hybridized carbons (Fsp3) is 0.261. The number of rotatable bonds is 4. The molecule has 2 aromatic carbocycles. The normalized spacial score (nSPS) is 16.1. The number of aromatic amines is 1. The van der Waals surface area contributed by atoms with Gasteiger partial charge in [0.05, 0.1) is 0 Å². The lowest BCUT2D eigenvalue weighted by Gasteiger charge is -2.18. The van der Waals surface area contributed by atoms with Gasteiger partial charge in [-0.25, -0.2) is 4.98 Å². The van der Waals surface area contributed by atoms with Crippen LogP contribution in [0.5, 0.6) is 0 Å². The van der Waals surface area contributed by atoms with Crippen molar-refractivity contribution in [2.75, 3.05) is 18.0 Å². The zero-order valence-corrected chi connectivity index (χ0v) is 16.6. The maximum absolute atomic E-state index is 13.0. The van der Waals surface area contributed by atoms with E-state index in [-0.39, 0.29) is 17.5 Å². The molecule has 0 bridgehead atoms. The number of anilines is 1. The van der Waals surface area contributed by atoms with Gasteiger partial charge in [-0.1, -0.05) is 42.5 Å². The lowest BCUT2D eigenvalue weighted by Crippen LogP contribution is -2.38. The predicted octanol–water partition coefficient (Wildman–Crippen LogP) is 3.06. The fourth-order valence-electron chi connectivity index (χ4n) is 3.72. The number of benzene rings is 2. The van der Waals surface area contributed by atoms with Crippen molar-refractivity contribution in [2.24, 2.45) is 0 Å². The highest BCUT2D eigenvalue weighted by molar-refractivity contribution is 5.97. The van der Waals surface area contributed by atoms with E-state index in [2.05, 4.69) is 15.3 Å². The zero-order valence-electron chi connectivity index (χ0n) is 16.6. The third-order valence-electron chi connectivity index (χ3n) is 5.27. The van der Waals surface area contributed by atoms with Gasteiger partial charge in [0.25, 0.3) is 11.5 Å². The first-order chi connectivity index (χ1) is 14.0. The zero-order chi connectivity index (χ0) is 20.4. The summed E-state index contributed by atoms with van der Waals surface area (Å²) in [4.78, 5) is 33.8. The lowest BCUT2D eigenvalue weighted by molar-refractivity contribution is 0.0940. The molecule has 1 aliphatic rings. The molecule has 6 heteroatoms. The summed E-state index contributed by atoms with van der Waals surface area (Å²) in [6, 6.07) is 17.5. The van der Waals surface area contributed by atoms with Crippen LogP contribution in [0.2, 0.25) is 0 Å². The predicted molar refractivity (Wildman–Crippen MR) is 114 cm³/mol. The minimum Gasteiger partial charge on any atom is -0.347 e. The number of carbonyl (C=O) groups excluding carboxylic acids is 1. The molecule has 4 rings (SSSR count). The van der Waals surface area contributed by atoms with E-state index < -0.39 is 0 Å². The third kappa shape index (κ3) is 4.21. The van der Waals surface area contributed by atoms with E-state index >= 15 is 0 Å². The molecule has 148 valence electrons. The molecule has 3 aromatic rings. The molecular weight excluding hydrogens is 364 g/mol. The standard InChI is InChI=1S/C23H24N4O2/c1-15-8-9-18(17-6-4-3-5-7-17)13-20(15)22(29)25-19-10-11-27(14-19)23-24-16(2)12-21(28)26-23/h3-9,12-13,19H,10-11,14H2,1-2H3,(H,25,29)(H,24,26,28). The van der Waals surface area contributed by atoms with Crippen molar-refractivity contribution in [3.63, 3.8) is 0 Å². The highest BCUT2D eigenvalue weighted by Crippen LogP contribution is 2.23. The maximum atomic E-state index is 13.0. The summed E-state index contributed by atoms with van der Waals surface area (Å²) in [6.07, 6.45) is 0.806. The van der Waals surface area contributed by atoms with Crippen molar-refractivity contribution < 1.29 is 4.79 Å². The highest BCUT2D eigenvalue weighted by atomic mass is 16.1. The van der Waals surface area contributed by atoms with Gasteiger partial charge in [-0.05, 0) is 43.0 Å². The summed E-state index contributed by atoms with van der Waals surface area (Å²) >= 11 is 0. The number of hydrogen-bond donors (Lipinski definition) is 2. The van der Waals surface area contributed by atoms with Crippen LogP contribution in [0, 0.1) is 13.8 Å². The van der Waals surface area contributed by atoms with E-state index in [9.17, 15) is 9.59 Å². The highest BCUT2D eigenvalue weighted by Gasteiger charge is 2.26. The molecule has 0 radical (unpaired) electrons. The van der Waals surface area contributed by atoms with Gasteiger partial charge < -0.3 is 10.2 Å². The maximum Gasteiger partial charge on any atom is 0.252 e. The molecule has 2 N–H and O–H groups in total. The lowest BCUT2D eigenvalue weighted by atomic mass is 9.99. The van der Waals surface area contributed by atoms with Gasteiger partial charge in [0.2, 0.25) is 5.95 Å². The van der Waals surface area contributed by atoms with Gasteiger partial charge in [0.1, 0.15) is 0 Å². The minimum absolute atomic E-state index is 0.00750. The van der Waals surface area contributed by atoms with Crippen LogP contribution in [-0.4, -0.2) is 35.0 Å². The molecule has 0 spiro atoms. The average Bonchev–Trinajstić information content (AvgIpc) is 3.17. The molecule has 0 saturated carbocycles. The van der Waals surface area contributed by atoms with Gasteiger partial charge in [-0.3, -0.25) is 14.6 Å². The molecule has 1 atom stereocenters. The summed E-state index contributed by atoms with van der Waals surface area (Å²) in [7, 11) is 0. The first-order valence-electron chi connectivity index (χ1n) is 9.79. The van der Waals surface area contributed by atoms with Gasteiger partial charge in [0, 0.05) is 36.5 Å². The molecule has 1 aliphatic heterocycles. The Morgan fingerprint density at radius 3 is 2.66 bits per heavy atom. The largest absolute Gasteiger partial charge is 0.347 e. The van der Waals surface area contributed by atoms with E-state index in [4.69, 9.17) is 0 Å². The number of aryl methyl sites for hydroxylation is 2. The fourth-order valence-corrected chi connectivity index (χ4v) is 3.72. The molecular formula is C23H24N4O2. The quantitative estimate of drug-likeness (QED) is 0.720. The second kappa shape index (κ2) is 7.91. The summed E-state index contributed by atoms with van der Waals surface area (Å²) < 4.78 is 0. The van der Waals surface area contributed by atoms with Crippen LogP contribution in [-0.2, 0) is 0 Å². The third-order valence-corrected chi connectivity index (χ3v) is 5.27. The molecule has 1 aromatic heterocycles. The van der Waals surface area contributed by atoms with Gasteiger partial charge in [-0.2, -0.15) is 0 Å².